The topological polar surface area (TPSA) is 72.5 Å². The van der Waals surface area contributed by atoms with Crippen LogP contribution < -0.4 is 20.1 Å². The molecule has 1 amide bonds. The Morgan fingerprint density at radius 2 is 1.79 bits per heavy atom. The number of methoxy groups -OCH3 is 1. The van der Waals surface area contributed by atoms with E-state index in [0.29, 0.717) is 30.7 Å². The van der Waals surface area contributed by atoms with E-state index in [1.54, 1.807) is 43.6 Å². The highest BCUT2D eigenvalue weighted by Gasteiger charge is 2.11. The van der Waals surface area contributed by atoms with Gasteiger partial charge in [-0.25, -0.2) is 8.78 Å². The summed E-state index contributed by atoms with van der Waals surface area (Å²) >= 11 is 0. The van der Waals surface area contributed by atoms with Gasteiger partial charge in [0.1, 0.15) is 29.7 Å². The SMILES string of the molecule is COc1ccc(OCCNc2cncc(C(=O)Nc3ccc(F)cc3F)c2)cc1. The molecule has 0 unspecified atom stereocenters. The summed E-state index contributed by atoms with van der Waals surface area (Å²) in [5.41, 5.74) is 0.730. The van der Waals surface area contributed by atoms with Crippen LogP contribution in [0.25, 0.3) is 0 Å². The second-order valence-electron chi connectivity index (χ2n) is 5.99. The van der Waals surface area contributed by atoms with Gasteiger partial charge in [0.05, 0.1) is 24.0 Å². The van der Waals surface area contributed by atoms with Crippen molar-refractivity contribution >= 4 is 17.3 Å². The van der Waals surface area contributed by atoms with Crippen LogP contribution in [0, 0.1) is 11.6 Å². The Labute approximate surface area is 166 Å². The van der Waals surface area contributed by atoms with E-state index in [-0.39, 0.29) is 11.3 Å². The molecule has 0 spiro atoms. The van der Waals surface area contributed by atoms with E-state index in [2.05, 4.69) is 15.6 Å². The molecule has 0 radical (unpaired) electrons. The number of rotatable bonds is 8. The summed E-state index contributed by atoms with van der Waals surface area (Å²) in [6.07, 6.45) is 2.92. The van der Waals surface area contributed by atoms with Crippen molar-refractivity contribution in [3.05, 3.63) is 78.1 Å². The molecule has 2 N–H and O–H groups in total. The molecule has 0 fully saturated rings. The number of carbonyl (C=O) groups excluding carboxylic acids is 1. The summed E-state index contributed by atoms with van der Waals surface area (Å²) in [6.45, 7) is 0.870. The summed E-state index contributed by atoms with van der Waals surface area (Å²) in [4.78, 5) is 16.3. The van der Waals surface area contributed by atoms with E-state index in [0.717, 1.165) is 17.9 Å². The Bertz CT molecular complexity index is 981. The number of benzene rings is 2. The number of amides is 1. The summed E-state index contributed by atoms with van der Waals surface area (Å²) in [5, 5.41) is 5.50. The number of anilines is 2. The average Bonchev–Trinajstić information content (AvgIpc) is 2.74. The second kappa shape index (κ2) is 9.50. The van der Waals surface area contributed by atoms with Crippen LogP contribution in [0.3, 0.4) is 0 Å². The molecule has 29 heavy (non-hydrogen) atoms. The van der Waals surface area contributed by atoms with Gasteiger partial charge in [0.2, 0.25) is 0 Å². The van der Waals surface area contributed by atoms with Gasteiger partial charge in [-0.15, -0.1) is 0 Å². The van der Waals surface area contributed by atoms with Crippen LogP contribution in [-0.4, -0.2) is 31.2 Å². The highest BCUT2D eigenvalue weighted by molar-refractivity contribution is 6.04. The van der Waals surface area contributed by atoms with Gasteiger partial charge in [0.25, 0.3) is 5.91 Å². The number of halogens is 2. The minimum Gasteiger partial charge on any atom is -0.497 e. The van der Waals surface area contributed by atoms with Crippen LogP contribution in [-0.2, 0) is 0 Å². The third-order valence-corrected chi connectivity index (χ3v) is 3.94. The van der Waals surface area contributed by atoms with Crippen molar-refractivity contribution in [2.45, 2.75) is 0 Å². The van der Waals surface area contributed by atoms with E-state index < -0.39 is 17.5 Å². The number of hydrogen-bond donors (Lipinski definition) is 2. The van der Waals surface area contributed by atoms with Gasteiger partial charge in [-0.3, -0.25) is 9.78 Å². The zero-order valence-corrected chi connectivity index (χ0v) is 15.6. The Morgan fingerprint density at radius 3 is 2.52 bits per heavy atom. The van der Waals surface area contributed by atoms with E-state index in [1.807, 2.05) is 0 Å². The van der Waals surface area contributed by atoms with E-state index in [4.69, 9.17) is 9.47 Å². The van der Waals surface area contributed by atoms with Gasteiger partial charge in [0, 0.05) is 25.0 Å². The van der Waals surface area contributed by atoms with Crippen molar-refractivity contribution in [3.63, 3.8) is 0 Å². The minimum atomic E-state index is -0.851. The molecule has 0 bridgehead atoms. The maximum atomic E-state index is 13.7. The number of nitrogens with one attached hydrogen (secondary N) is 2. The molecule has 3 rings (SSSR count). The third-order valence-electron chi connectivity index (χ3n) is 3.94. The summed E-state index contributed by atoms with van der Waals surface area (Å²) in [6, 6.07) is 11.7. The third kappa shape index (κ3) is 5.65. The van der Waals surface area contributed by atoms with E-state index in [1.165, 1.54) is 6.20 Å². The quantitative estimate of drug-likeness (QED) is 0.558. The predicted octanol–water partition coefficient (Wildman–Crippen LogP) is 4.11. The summed E-state index contributed by atoms with van der Waals surface area (Å²) in [7, 11) is 1.60. The molecule has 6 nitrogen and oxygen atoms in total. The Morgan fingerprint density at radius 1 is 1.03 bits per heavy atom. The van der Waals surface area contributed by atoms with Crippen LogP contribution in [0.4, 0.5) is 20.2 Å². The van der Waals surface area contributed by atoms with Crippen molar-refractivity contribution in [1.82, 2.24) is 4.98 Å². The average molecular weight is 399 g/mol. The number of nitrogens with zero attached hydrogens (tertiary/aromatic N) is 1. The lowest BCUT2D eigenvalue weighted by atomic mass is 10.2. The van der Waals surface area contributed by atoms with Gasteiger partial charge in [-0.2, -0.15) is 0 Å². The number of pyridine rings is 1. The second-order valence-corrected chi connectivity index (χ2v) is 5.99. The number of carbonyl (C=O) groups is 1. The first kappa shape index (κ1) is 20.1. The fraction of sp³-hybridized carbons (Fsp3) is 0.143. The zero-order chi connectivity index (χ0) is 20.6. The molecule has 0 saturated carbocycles. The molecule has 1 aromatic heterocycles. The minimum absolute atomic E-state index is 0.109. The molecule has 0 saturated heterocycles. The number of aromatic nitrogens is 1. The molecule has 150 valence electrons. The monoisotopic (exact) mass is 399 g/mol. The molecule has 0 aliphatic rings. The first-order chi connectivity index (χ1) is 14.0. The van der Waals surface area contributed by atoms with E-state index >= 15 is 0 Å². The highest BCUT2D eigenvalue weighted by Crippen LogP contribution is 2.18. The van der Waals surface area contributed by atoms with Crippen LogP contribution in [0.5, 0.6) is 11.5 Å². The van der Waals surface area contributed by atoms with Crippen LogP contribution in [0.15, 0.2) is 60.9 Å². The van der Waals surface area contributed by atoms with Crippen molar-refractivity contribution < 1.29 is 23.0 Å². The van der Waals surface area contributed by atoms with Gasteiger partial charge < -0.3 is 20.1 Å². The van der Waals surface area contributed by atoms with Gasteiger partial charge >= 0.3 is 0 Å². The van der Waals surface area contributed by atoms with Gasteiger partial charge in [-0.1, -0.05) is 0 Å². The van der Waals surface area contributed by atoms with Crippen LogP contribution >= 0.6 is 0 Å². The van der Waals surface area contributed by atoms with Crippen molar-refractivity contribution in [2.24, 2.45) is 0 Å². The standard InChI is InChI=1S/C21H19F2N3O3/c1-28-17-3-5-18(6-4-17)29-9-8-25-16-10-14(12-24-13-16)21(27)26-20-7-2-15(22)11-19(20)23/h2-7,10-13,25H,8-9H2,1H3,(H,26,27). The predicted molar refractivity (Wildman–Crippen MR) is 106 cm³/mol. The zero-order valence-electron chi connectivity index (χ0n) is 15.6. The fourth-order valence-electron chi connectivity index (χ4n) is 2.48. The molecule has 0 atom stereocenters. The largest absolute Gasteiger partial charge is 0.497 e. The fourth-order valence-corrected chi connectivity index (χ4v) is 2.48. The normalized spacial score (nSPS) is 10.3. The maximum absolute atomic E-state index is 13.7. The summed E-state index contributed by atoms with van der Waals surface area (Å²) < 4.78 is 37.4. The highest BCUT2D eigenvalue weighted by atomic mass is 19.1. The Balaban J connectivity index is 1.52. The van der Waals surface area contributed by atoms with E-state index in [9.17, 15) is 13.6 Å². The Kier molecular flexibility index (Phi) is 6.57. The molecule has 8 heteroatoms. The first-order valence-corrected chi connectivity index (χ1v) is 8.77. The van der Waals surface area contributed by atoms with Crippen LogP contribution in [0.1, 0.15) is 10.4 Å². The van der Waals surface area contributed by atoms with Crippen LogP contribution in [0.2, 0.25) is 0 Å². The van der Waals surface area contributed by atoms with Crippen molar-refractivity contribution in [2.75, 3.05) is 30.9 Å². The molecular formula is C21H19F2N3O3. The lowest BCUT2D eigenvalue weighted by Crippen LogP contribution is -2.15. The molecule has 0 aliphatic heterocycles. The molecule has 3 aromatic rings. The van der Waals surface area contributed by atoms with Crippen molar-refractivity contribution in [3.8, 4) is 11.5 Å². The molecule has 2 aromatic carbocycles. The smallest absolute Gasteiger partial charge is 0.257 e. The Hall–Kier alpha value is -3.68. The lowest BCUT2D eigenvalue weighted by molar-refractivity contribution is 0.102. The van der Waals surface area contributed by atoms with Crippen molar-refractivity contribution in [1.29, 1.82) is 0 Å². The maximum Gasteiger partial charge on any atom is 0.257 e. The lowest BCUT2D eigenvalue weighted by Gasteiger charge is -2.10. The van der Waals surface area contributed by atoms with Gasteiger partial charge in [0.15, 0.2) is 0 Å². The molecular weight excluding hydrogens is 380 g/mol. The molecule has 1 heterocycles. The summed E-state index contributed by atoms with van der Waals surface area (Å²) in [5.74, 6) is -0.667. The van der Waals surface area contributed by atoms with Gasteiger partial charge in [-0.05, 0) is 42.5 Å². The molecule has 0 aliphatic carbocycles. The number of hydrogen-bond acceptors (Lipinski definition) is 5. The number of ether oxygens (including phenoxy) is 2. The first-order valence-electron chi connectivity index (χ1n) is 8.77.